The van der Waals surface area contributed by atoms with Gasteiger partial charge in [0.25, 0.3) is 23.6 Å². The maximum atomic E-state index is 15.1. The number of nitrogens with zero attached hydrogens (tertiary/aromatic N) is 2. The van der Waals surface area contributed by atoms with Crippen LogP contribution in [0.15, 0.2) is 72.3 Å². The summed E-state index contributed by atoms with van der Waals surface area (Å²) in [5, 5.41) is 23.0. The molecule has 2 aliphatic carbocycles. The van der Waals surface area contributed by atoms with E-state index in [4.69, 9.17) is 27.9 Å². The Kier molecular flexibility index (Phi) is 7.11. The number of aromatic hydroxyl groups is 1. The number of imide groups is 2. The summed E-state index contributed by atoms with van der Waals surface area (Å²) in [5.74, 6) is -9.15. The number of hydrazine groups is 1. The highest BCUT2D eigenvalue weighted by atomic mass is 35.5. The normalized spacial score (nSPS) is 28.5. The standard InChI is InChI=1S/C33H26Cl2FN3O7/c1-46-17-8-5-15(6-9-17)33-22(30(42)38(32(33)44)37-25-12-7-16(34)13-23(25)35)14-21-18(27(33)20-3-2-4-24(36)28(20)40)10-11-19-26(21)31(43)39(45)29(19)41/h2-10,12-13,19,21-22,26-27,37,40,45H,11,14H2,1H3. The highest BCUT2D eigenvalue weighted by Crippen LogP contribution is 2.65. The molecule has 236 valence electrons. The number of phenols is 1. The summed E-state index contributed by atoms with van der Waals surface area (Å²) in [6.07, 6.45) is 1.71. The average Bonchev–Trinajstić information content (AvgIpc) is 3.40. The lowest BCUT2D eigenvalue weighted by Gasteiger charge is -2.50. The molecule has 10 nitrogen and oxygen atoms in total. The Hall–Kier alpha value is -4.45. The van der Waals surface area contributed by atoms with Crippen LogP contribution < -0.4 is 10.2 Å². The summed E-state index contributed by atoms with van der Waals surface area (Å²) in [6, 6.07) is 15.0. The molecule has 6 unspecified atom stereocenters. The van der Waals surface area contributed by atoms with Crippen molar-refractivity contribution in [3.05, 3.63) is 99.3 Å². The number of para-hydroxylation sites is 1. The predicted molar refractivity (Wildman–Crippen MR) is 162 cm³/mol. The van der Waals surface area contributed by atoms with E-state index < -0.39 is 70.2 Å². The predicted octanol–water partition coefficient (Wildman–Crippen LogP) is 5.22. The largest absolute Gasteiger partial charge is 0.505 e. The first kappa shape index (κ1) is 30.2. The molecule has 2 aliphatic heterocycles. The number of fused-ring (bicyclic) bond motifs is 4. The number of ether oxygens (including phenoxy) is 1. The molecule has 3 fully saturated rings. The van der Waals surface area contributed by atoms with Crippen molar-refractivity contribution in [2.45, 2.75) is 24.2 Å². The first-order valence-corrected chi connectivity index (χ1v) is 15.2. The van der Waals surface area contributed by atoms with Crippen molar-refractivity contribution in [2.75, 3.05) is 12.5 Å². The molecular formula is C33H26Cl2FN3O7. The van der Waals surface area contributed by atoms with Crippen LogP contribution in [0.4, 0.5) is 10.1 Å². The first-order chi connectivity index (χ1) is 22.0. The summed E-state index contributed by atoms with van der Waals surface area (Å²) < 4.78 is 20.4. The molecule has 2 saturated heterocycles. The van der Waals surface area contributed by atoms with Gasteiger partial charge in [0, 0.05) is 16.5 Å². The molecule has 7 rings (SSSR count). The minimum absolute atomic E-state index is 0.0281. The smallest absolute Gasteiger partial charge is 0.260 e. The van der Waals surface area contributed by atoms with Crippen LogP contribution in [0.3, 0.4) is 0 Å². The number of allylic oxidation sites excluding steroid dienone is 2. The van der Waals surface area contributed by atoms with Crippen molar-refractivity contribution < 1.29 is 38.6 Å². The molecule has 3 aromatic rings. The third-order valence-corrected chi connectivity index (χ3v) is 10.4. The summed E-state index contributed by atoms with van der Waals surface area (Å²) >= 11 is 12.5. The Balaban J connectivity index is 1.49. The van der Waals surface area contributed by atoms with E-state index in [0.717, 1.165) is 11.1 Å². The SMILES string of the molecule is COc1ccc(C23C(=O)N(Nc4ccc(Cl)cc4Cl)C(=O)C2CC2C(=CCC4C(=O)N(O)C(=O)C42)C3c2cccc(F)c2O)cc1. The zero-order chi connectivity index (χ0) is 32.7. The fraction of sp³-hybridized carbons (Fsp3) is 0.273. The minimum atomic E-state index is -1.76. The quantitative estimate of drug-likeness (QED) is 0.192. The second kappa shape index (κ2) is 10.8. The van der Waals surface area contributed by atoms with Crippen LogP contribution >= 0.6 is 23.2 Å². The van der Waals surface area contributed by atoms with Crippen molar-refractivity contribution in [3.63, 3.8) is 0 Å². The Morgan fingerprint density at radius 3 is 2.41 bits per heavy atom. The van der Waals surface area contributed by atoms with Crippen molar-refractivity contribution in [1.82, 2.24) is 10.1 Å². The molecule has 0 radical (unpaired) electrons. The van der Waals surface area contributed by atoms with Gasteiger partial charge in [-0.2, -0.15) is 10.1 Å². The maximum absolute atomic E-state index is 15.1. The minimum Gasteiger partial charge on any atom is -0.505 e. The second-order valence-electron chi connectivity index (χ2n) is 11.9. The van der Waals surface area contributed by atoms with Crippen molar-refractivity contribution in [1.29, 1.82) is 0 Å². The molecule has 13 heteroatoms. The molecular weight excluding hydrogens is 640 g/mol. The molecule has 0 aromatic heterocycles. The summed E-state index contributed by atoms with van der Waals surface area (Å²) in [7, 11) is 1.48. The number of halogens is 3. The Labute approximate surface area is 271 Å². The van der Waals surface area contributed by atoms with Crippen LogP contribution in [-0.4, -0.2) is 51.1 Å². The number of nitrogens with one attached hydrogen (secondary N) is 1. The van der Waals surface area contributed by atoms with E-state index in [1.807, 2.05) is 0 Å². The molecule has 1 saturated carbocycles. The van der Waals surface area contributed by atoms with Crippen LogP contribution in [0.25, 0.3) is 0 Å². The van der Waals surface area contributed by atoms with Crippen LogP contribution in [0.5, 0.6) is 11.5 Å². The summed E-state index contributed by atoms with van der Waals surface area (Å²) in [6.45, 7) is 0. The van der Waals surface area contributed by atoms with Crippen LogP contribution in [0, 0.1) is 29.5 Å². The van der Waals surface area contributed by atoms with E-state index in [-0.39, 0.29) is 34.2 Å². The topological polar surface area (TPSA) is 136 Å². The fourth-order valence-corrected chi connectivity index (χ4v) is 8.39. The molecule has 4 aliphatic rings. The first-order valence-electron chi connectivity index (χ1n) is 14.5. The zero-order valence-corrected chi connectivity index (χ0v) is 25.6. The van der Waals surface area contributed by atoms with Gasteiger partial charge in [-0.15, -0.1) is 0 Å². The van der Waals surface area contributed by atoms with Crippen LogP contribution in [0.2, 0.25) is 10.0 Å². The number of amides is 4. The molecule has 3 aromatic carbocycles. The van der Waals surface area contributed by atoms with Gasteiger partial charge in [-0.3, -0.25) is 29.8 Å². The lowest BCUT2D eigenvalue weighted by molar-refractivity contribution is -0.173. The van der Waals surface area contributed by atoms with Crippen LogP contribution in [0.1, 0.15) is 29.9 Å². The number of phenolic OH excluding ortho intramolecular Hbond substituents is 1. The van der Waals surface area contributed by atoms with E-state index in [1.165, 1.54) is 37.4 Å². The second-order valence-corrected chi connectivity index (χ2v) is 12.7. The third-order valence-electron chi connectivity index (χ3n) is 9.89. The molecule has 0 spiro atoms. The van der Waals surface area contributed by atoms with E-state index in [9.17, 15) is 24.7 Å². The summed E-state index contributed by atoms with van der Waals surface area (Å²) in [4.78, 5) is 55.7. The fourth-order valence-electron chi connectivity index (χ4n) is 7.94. The molecule has 2 heterocycles. The number of hydrogen-bond donors (Lipinski definition) is 3. The monoisotopic (exact) mass is 665 g/mol. The number of anilines is 1. The Morgan fingerprint density at radius 2 is 1.72 bits per heavy atom. The molecule has 46 heavy (non-hydrogen) atoms. The van der Waals surface area contributed by atoms with Gasteiger partial charge < -0.3 is 9.84 Å². The lowest BCUT2D eigenvalue weighted by atomic mass is 9.49. The van der Waals surface area contributed by atoms with Gasteiger partial charge in [-0.1, -0.05) is 59.1 Å². The van der Waals surface area contributed by atoms with Crippen molar-refractivity contribution in [3.8, 4) is 11.5 Å². The molecule has 4 amide bonds. The van der Waals surface area contributed by atoms with Gasteiger partial charge in [0.1, 0.15) is 5.75 Å². The van der Waals surface area contributed by atoms with Crippen molar-refractivity contribution in [2.24, 2.45) is 23.7 Å². The highest BCUT2D eigenvalue weighted by molar-refractivity contribution is 6.36. The number of methoxy groups -OCH3 is 1. The van der Waals surface area contributed by atoms with E-state index in [0.29, 0.717) is 21.9 Å². The van der Waals surface area contributed by atoms with Crippen LogP contribution in [-0.2, 0) is 24.6 Å². The zero-order valence-electron chi connectivity index (χ0n) is 24.1. The number of benzene rings is 3. The van der Waals surface area contributed by atoms with Gasteiger partial charge in [0.15, 0.2) is 11.6 Å². The van der Waals surface area contributed by atoms with E-state index in [1.54, 1.807) is 30.3 Å². The Bertz CT molecular complexity index is 1870. The highest BCUT2D eigenvalue weighted by Gasteiger charge is 2.70. The van der Waals surface area contributed by atoms with Gasteiger partial charge in [0.2, 0.25) is 0 Å². The van der Waals surface area contributed by atoms with Gasteiger partial charge in [-0.05, 0) is 60.7 Å². The molecule has 0 bridgehead atoms. The third kappa shape index (κ3) is 4.11. The average molecular weight is 666 g/mol. The number of hydrogen-bond acceptors (Lipinski definition) is 8. The number of carbonyl (C=O) groups is 4. The molecule has 3 N–H and O–H groups in total. The molecule has 6 atom stereocenters. The van der Waals surface area contributed by atoms with E-state index in [2.05, 4.69) is 5.43 Å². The Morgan fingerprint density at radius 1 is 0.978 bits per heavy atom. The number of rotatable bonds is 5. The number of hydroxylamine groups is 2. The van der Waals surface area contributed by atoms with Gasteiger partial charge in [-0.25, -0.2) is 4.39 Å². The van der Waals surface area contributed by atoms with E-state index >= 15 is 9.18 Å². The van der Waals surface area contributed by atoms with Gasteiger partial charge in [0.05, 0.1) is 41.0 Å². The lowest BCUT2D eigenvalue weighted by Crippen LogP contribution is -2.53. The maximum Gasteiger partial charge on any atom is 0.260 e. The summed E-state index contributed by atoms with van der Waals surface area (Å²) in [5.41, 5.74) is 2.20. The van der Waals surface area contributed by atoms with Crippen molar-refractivity contribution >= 4 is 52.5 Å². The van der Waals surface area contributed by atoms with Gasteiger partial charge >= 0.3 is 0 Å². The number of carbonyl (C=O) groups excluding carboxylic acids is 4.